The number of nitrogens with zero attached hydrogens (tertiary/aromatic N) is 3. The quantitative estimate of drug-likeness (QED) is 0.480. The van der Waals surface area contributed by atoms with Crippen LogP contribution in [-0.2, 0) is 11.2 Å². The molecule has 0 radical (unpaired) electrons. The van der Waals surface area contributed by atoms with Crippen molar-refractivity contribution in [1.82, 2.24) is 20.2 Å². The molecule has 1 unspecified atom stereocenters. The van der Waals surface area contributed by atoms with E-state index >= 15 is 0 Å². The van der Waals surface area contributed by atoms with Crippen LogP contribution >= 0.6 is 0 Å². The van der Waals surface area contributed by atoms with Gasteiger partial charge in [0.2, 0.25) is 5.95 Å². The third-order valence-corrected chi connectivity index (χ3v) is 2.21. The van der Waals surface area contributed by atoms with Crippen LogP contribution in [0.15, 0.2) is 0 Å². The lowest BCUT2D eigenvalue weighted by Crippen LogP contribution is -2.40. The van der Waals surface area contributed by atoms with Gasteiger partial charge in [-0.15, -0.1) is 10.2 Å². The maximum atomic E-state index is 5.61. The average Bonchev–Trinajstić information content (AvgIpc) is 2.52. The zero-order valence-electron chi connectivity index (χ0n) is 7.81. The molecule has 0 amide bonds. The highest BCUT2D eigenvalue weighted by Crippen LogP contribution is 2.05. The molecule has 14 heavy (non-hydrogen) atoms. The van der Waals surface area contributed by atoms with Crippen molar-refractivity contribution in [2.24, 2.45) is 0 Å². The summed E-state index contributed by atoms with van der Waals surface area (Å²) in [7, 11) is 0. The molecule has 78 valence electrons. The van der Waals surface area contributed by atoms with Crippen LogP contribution in [-0.4, -0.2) is 40.7 Å². The summed E-state index contributed by atoms with van der Waals surface area (Å²) in [5.74, 6) is 6.49. The van der Waals surface area contributed by atoms with Crippen LogP contribution in [0.4, 0.5) is 5.95 Å². The molecule has 0 saturated carbocycles. The molecule has 0 aliphatic carbocycles. The zero-order chi connectivity index (χ0) is 9.97. The Hall–Kier alpha value is -1.34. The number of morpholine rings is 1. The summed E-state index contributed by atoms with van der Waals surface area (Å²) in [5.41, 5.74) is 5.45. The van der Waals surface area contributed by atoms with Crippen LogP contribution in [0.1, 0.15) is 5.82 Å². The van der Waals surface area contributed by atoms with Crippen molar-refractivity contribution < 1.29 is 4.74 Å². The standard InChI is InChI=1S/C7H14N6O/c8-7-12-11-6(13(7)9)3-5-4-10-1-2-14-5/h5,10H,1-4,9H2,(H2,8,12). The summed E-state index contributed by atoms with van der Waals surface area (Å²) in [5, 5.41) is 10.8. The van der Waals surface area contributed by atoms with Crippen LogP contribution in [0.25, 0.3) is 0 Å². The van der Waals surface area contributed by atoms with Gasteiger partial charge in [0.1, 0.15) is 0 Å². The van der Waals surface area contributed by atoms with Crippen LogP contribution in [0.5, 0.6) is 0 Å². The SMILES string of the molecule is Nc1nnc(CC2CNCCO2)n1N. The van der Waals surface area contributed by atoms with E-state index in [1.54, 1.807) is 0 Å². The third kappa shape index (κ3) is 1.78. The number of anilines is 1. The molecule has 0 bridgehead atoms. The highest BCUT2D eigenvalue weighted by molar-refractivity contribution is 5.17. The minimum absolute atomic E-state index is 0.106. The van der Waals surface area contributed by atoms with Gasteiger partial charge < -0.3 is 21.6 Å². The second-order valence-corrected chi connectivity index (χ2v) is 3.25. The predicted molar refractivity (Wildman–Crippen MR) is 50.9 cm³/mol. The molecule has 0 spiro atoms. The van der Waals surface area contributed by atoms with Crippen molar-refractivity contribution in [2.45, 2.75) is 12.5 Å². The van der Waals surface area contributed by atoms with Gasteiger partial charge in [-0.3, -0.25) is 0 Å². The molecule has 7 heteroatoms. The molecule has 7 nitrogen and oxygen atoms in total. The first-order valence-corrected chi connectivity index (χ1v) is 4.54. The van der Waals surface area contributed by atoms with Gasteiger partial charge >= 0.3 is 0 Å². The van der Waals surface area contributed by atoms with E-state index in [4.69, 9.17) is 16.3 Å². The lowest BCUT2D eigenvalue weighted by atomic mass is 10.2. The molecule has 1 aliphatic heterocycles. The van der Waals surface area contributed by atoms with E-state index in [0.717, 1.165) is 19.7 Å². The van der Waals surface area contributed by atoms with E-state index in [9.17, 15) is 0 Å². The Bertz CT molecular complexity index is 305. The Morgan fingerprint density at radius 2 is 2.43 bits per heavy atom. The third-order valence-electron chi connectivity index (χ3n) is 2.21. The van der Waals surface area contributed by atoms with Crippen LogP contribution in [0.3, 0.4) is 0 Å². The Kier molecular flexibility index (Phi) is 2.51. The van der Waals surface area contributed by atoms with Crippen LogP contribution in [0, 0.1) is 0 Å². The maximum absolute atomic E-state index is 5.61. The Morgan fingerprint density at radius 3 is 3.00 bits per heavy atom. The molecule has 2 heterocycles. The number of nitrogens with one attached hydrogen (secondary N) is 1. The van der Waals surface area contributed by atoms with E-state index in [0.29, 0.717) is 12.2 Å². The first-order valence-electron chi connectivity index (χ1n) is 4.54. The maximum Gasteiger partial charge on any atom is 0.240 e. The summed E-state index contributed by atoms with van der Waals surface area (Å²) in [4.78, 5) is 0. The van der Waals surface area contributed by atoms with Gasteiger partial charge in [0.05, 0.1) is 12.7 Å². The monoisotopic (exact) mass is 198 g/mol. The number of hydrogen-bond acceptors (Lipinski definition) is 6. The molecular formula is C7H14N6O. The molecular weight excluding hydrogens is 184 g/mol. The van der Waals surface area contributed by atoms with Crippen molar-refractivity contribution in [2.75, 3.05) is 31.3 Å². The van der Waals surface area contributed by atoms with Gasteiger partial charge in [0.15, 0.2) is 5.82 Å². The fourth-order valence-electron chi connectivity index (χ4n) is 1.43. The number of nitrogens with two attached hydrogens (primary N) is 2. The van der Waals surface area contributed by atoms with Gasteiger partial charge in [0, 0.05) is 19.5 Å². The minimum atomic E-state index is 0.106. The second-order valence-electron chi connectivity index (χ2n) is 3.25. The van der Waals surface area contributed by atoms with E-state index in [-0.39, 0.29) is 12.1 Å². The van der Waals surface area contributed by atoms with Crippen molar-refractivity contribution in [3.05, 3.63) is 5.82 Å². The van der Waals surface area contributed by atoms with Gasteiger partial charge in [0.25, 0.3) is 0 Å². The lowest BCUT2D eigenvalue weighted by molar-refractivity contribution is 0.0277. The summed E-state index contributed by atoms with van der Waals surface area (Å²) in [6, 6.07) is 0. The lowest BCUT2D eigenvalue weighted by Gasteiger charge is -2.22. The normalized spacial score (nSPS) is 22.4. The smallest absolute Gasteiger partial charge is 0.240 e. The Morgan fingerprint density at radius 1 is 1.57 bits per heavy atom. The highest BCUT2D eigenvalue weighted by atomic mass is 16.5. The molecule has 1 atom stereocenters. The highest BCUT2D eigenvalue weighted by Gasteiger charge is 2.17. The number of ether oxygens (including phenoxy) is 1. The molecule has 1 aromatic heterocycles. The molecule has 0 aromatic carbocycles. The number of nitrogen functional groups attached to an aromatic ring is 2. The van der Waals surface area contributed by atoms with Crippen molar-refractivity contribution in [1.29, 1.82) is 0 Å². The molecule has 5 N–H and O–H groups in total. The van der Waals surface area contributed by atoms with Crippen molar-refractivity contribution >= 4 is 5.95 Å². The molecule has 1 aliphatic rings. The topological polar surface area (TPSA) is 104 Å². The van der Waals surface area contributed by atoms with Crippen LogP contribution < -0.4 is 16.9 Å². The number of rotatable bonds is 2. The van der Waals surface area contributed by atoms with Gasteiger partial charge in [-0.2, -0.15) is 0 Å². The summed E-state index contributed by atoms with van der Waals surface area (Å²) in [6.45, 7) is 2.43. The molecule has 2 rings (SSSR count). The zero-order valence-corrected chi connectivity index (χ0v) is 7.81. The second kappa shape index (κ2) is 3.81. The van der Waals surface area contributed by atoms with Crippen molar-refractivity contribution in [3.63, 3.8) is 0 Å². The van der Waals surface area contributed by atoms with E-state index in [1.165, 1.54) is 4.68 Å². The molecule has 1 saturated heterocycles. The number of hydrogen-bond donors (Lipinski definition) is 3. The Labute approximate surface area is 81.4 Å². The largest absolute Gasteiger partial charge is 0.375 e. The Balaban J connectivity index is 1.99. The molecule has 1 aromatic rings. The van der Waals surface area contributed by atoms with Gasteiger partial charge in [-0.25, -0.2) is 4.68 Å². The van der Waals surface area contributed by atoms with E-state index in [1.807, 2.05) is 0 Å². The fourth-order valence-corrected chi connectivity index (χ4v) is 1.43. The van der Waals surface area contributed by atoms with Crippen molar-refractivity contribution in [3.8, 4) is 0 Å². The van der Waals surface area contributed by atoms with Gasteiger partial charge in [-0.1, -0.05) is 0 Å². The first-order chi connectivity index (χ1) is 6.77. The summed E-state index contributed by atoms with van der Waals surface area (Å²) >= 11 is 0. The predicted octanol–water partition coefficient (Wildman–Crippen LogP) is -1.89. The number of aromatic nitrogens is 3. The summed E-state index contributed by atoms with van der Waals surface area (Å²) in [6.07, 6.45) is 0.739. The fraction of sp³-hybridized carbons (Fsp3) is 0.714. The van der Waals surface area contributed by atoms with E-state index < -0.39 is 0 Å². The minimum Gasteiger partial charge on any atom is -0.375 e. The van der Waals surface area contributed by atoms with Crippen LogP contribution in [0.2, 0.25) is 0 Å². The average molecular weight is 198 g/mol. The van der Waals surface area contributed by atoms with E-state index in [2.05, 4.69) is 15.5 Å². The molecule has 1 fully saturated rings. The van der Waals surface area contributed by atoms with Gasteiger partial charge in [-0.05, 0) is 0 Å². The first kappa shape index (κ1) is 9.22. The summed E-state index contributed by atoms with van der Waals surface area (Å²) < 4.78 is 6.80.